The van der Waals surface area contributed by atoms with E-state index in [-0.39, 0.29) is 5.97 Å². The van der Waals surface area contributed by atoms with E-state index in [0.717, 1.165) is 16.1 Å². The fourth-order valence-corrected chi connectivity index (χ4v) is 2.09. The third-order valence-electron chi connectivity index (χ3n) is 2.79. The van der Waals surface area contributed by atoms with Crippen molar-refractivity contribution in [1.29, 1.82) is 0 Å². The van der Waals surface area contributed by atoms with Gasteiger partial charge in [0.2, 0.25) is 0 Å². The first-order valence-electron chi connectivity index (χ1n) is 6.20. The zero-order chi connectivity index (χ0) is 13.7. The third-order valence-corrected chi connectivity index (χ3v) is 3.16. The normalized spacial score (nSPS) is 10.2. The number of hydrogen-bond acceptors (Lipinski definition) is 2. The summed E-state index contributed by atoms with van der Waals surface area (Å²) >= 11 is 6.13. The standard InChI is InChI=1S/C16H15ClO2/c1-2-19-16(18)14-8-5-6-12(11-14)10-13-7-3-4-9-15(13)17/h3-9,11H,2,10H2,1H3. The highest BCUT2D eigenvalue weighted by atomic mass is 35.5. The van der Waals surface area contributed by atoms with Crippen LogP contribution in [0, 0.1) is 0 Å². The van der Waals surface area contributed by atoms with Gasteiger partial charge in [-0.2, -0.15) is 0 Å². The fourth-order valence-electron chi connectivity index (χ4n) is 1.88. The van der Waals surface area contributed by atoms with Gasteiger partial charge in [-0.3, -0.25) is 0 Å². The Labute approximate surface area is 118 Å². The maximum absolute atomic E-state index is 11.7. The summed E-state index contributed by atoms with van der Waals surface area (Å²) in [5, 5.41) is 0.740. The van der Waals surface area contributed by atoms with Crippen LogP contribution in [0.4, 0.5) is 0 Å². The summed E-state index contributed by atoms with van der Waals surface area (Å²) in [6.45, 7) is 2.18. The van der Waals surface area contributed by atoms with E-state index in [0.29, 0.717) is 18.6 Å². The molecule has 2 aromatic rings. The molecule has 98 valence electrons. The summed E-state index contributed by atoms with van der Waals surface area (Å²) < 4.78 is 4.99. The van der Waals surface area contributed by atoms with Crippen LogP contribution in [0.2, 0.25) is 5.02 Å². The predicted molar refractivity (Wildman–Crippen MR) is 76.7 cm³/mol. The van der Waals surface area contributed by atoms with Crippen molar-refractivity contribution in [2.24, 2.45) is 0 Å². The predicted octanol–water partition coefficient (Wildman–Crippen LogP) is 4.11. The van der Waals surface area contributed by atoms with Crippen LogP contribution in [0.3, 0.4) is 0 Å². The minimum atomic E-state index is -0.288. The van der Waals surface area contributed by atoms with E-state index in [2.05, 4.69) is 0 Å². The number of benzene rings is 2. The Morgan fingerprint density at radius 3 is 2.68 bits per heavy atom. The lowest BCUT2D eigenvalue weighted by atomic mass is 10.0. The van der Waals surface area contributed by atoms with Crippen LogP contribution in [-0.4, -0.2) is 12.6 Å². The lowest BCUT2D eigenvalue weighted by Gasteiger charge is -2.06. The summed E-state index contributed by atoms with van der Waals surface area (Å²) in [5.74, 6) is -0.288. The Hall–Kier alpha value is -1.80. The summed E-state index contributed by atoms with van der Waals surface area (Å²) in [4.78, 5) is 11.7. The zero-order valence-electron chi connectivity index (χ0n) is 10.7. The van der Waals surface area contributed by atoms with Crippen molar-refractivity contribution in [1.82, 2.24) is 0 Å². The quantitative estimate of drug-likeness (QED) is 0.785. The fraction of sp³-hybridized carbons (Fsp3) is 0.188. The van der Waals surface area contributed by atoms with Gasteiger partial charge in [0.15, 0.2) is 0 Å². The summed E-state index contributed by atoms with van der Waals surface area (Å²) in [7, 11) is 0. The topological polar surface area (TPSA) is 26.3 Å². The van der Waals surface area contributed by atoms with Crippen LogP contribution < -0.4 is 0 Å². The van der Waals surface area contributed by atoms with Gasteiger partial charge in [0.25, 0.3) is 0 Å². The molecule has 0 aromatic heterocycles. The Morgan fingerprint density at radius 2 is 1.95 bits per heavy atom. The maximum atomic E-state index is 11.7. The van der Waals surface area contributed by atoms with Crippen LogP contribution >= 0.6 is 11.6 Å². The van der Waals surface area contributed by atoms with E-state index in [1.165, 1.54) is 0 Å². The SMILES string of the molecule is CCOC(=O)c1cccc(Cc2ccccc2Cl)c1. The lowest BCUT2D eigenvalue weighted by Crippen LogP contribution is -2.05. The van der Waals surface area contributed by atoms with Gasteiger partial charge in [-0.25, -0.2) is 4.79 Å². The van der Waals surface area contributed by atoms with Gasteiger partial charge in [-0.05, 0) is 42.7 Å². The molecule has 0 amide bonds. The van der Waals surface area contributed by atoms with Gasteiger partial charge in [-0.15, -0.1) is 0 Å². The molecule has 0 saturated carbocycles. The summed E-state index contributed by atoms with van der Waals surface area (Å²) in [6.07, 6.45) is 0.701. The highest BCUT2D eigenvalue weighted by molar-refractivity contribution is 6.31. The third kappa shape index (κ3) is 3.58. The second-order valence-corrected chi connectivity index (χ2v) is 4.60. The molecule has 0 heterocycles. The number of ether oxygens (including phenoxy) is 1. The van der Waals surface area contributed by atoms with Gasteiger partial charge in [-0.1, -0.05) is 41.9 Å². The number of carbonyl (C=O) groups is 1. The molecular formula is C16H15ClO2. The average molecular weight is 275 g/mol. The van der Waals surface area contributed by atoms with Crippen LogP contribution in [0.5, 0.6) is 0 Å². The smallest absolute Gasteiger partial charge is 0.338 e. The van der Waals surface area contributed by atoms with Gasteiger partial charge < -0.3 is 4.74 Å². The molecule has 0 aliphatic carbocycles. The molecule has 2 rings (SSSR count). The van der Waals surface area contributed by atoms with Crippen molar-refractivity contribution in [3.05, 3.63) is 70.2 Å². The van der Waals surface area contributed by atoms with Crippen molar-refractivity contribution in [3.8, 4) is 0 Å². The molecule has 0 radical (unpaired) electrons. The highest BCUT2D eigenvalue weighted by Gasteiger charge is 2.07. The Balaban J connectivity index is 2.20. The van der Waals surface area contributed by atoms with Gasteiger partial charge in [0.1, 0.15) is 0 Å². The second-order valence-electron chi connectivity index (χ2n) is 4.19. The number of carbonyl (C=O) groups excluding carboxylic acids is 1. The van der Waals surface area contributed by atoms with Gasteiger partial charge in [0.05, 0.1) is 12.2 Å². The second kappa shape index (κ2) is 6.39. The first-order chi connectivity index (χ1) is 9.20. The lowest BCUT2D eigenvalue weighted by molar-refractivity contribution is 0.0526. The summed E-state index contributed by atoms with van der Waals surface area (Å²) in [6, 6.07) is 15.2. The molecule has 2 aromatic carbocycles. The molecule has 0 N–H and O–H groups in total. The highest BCUT2D eigenvalue weighted by Crippen LogP contribution is 2.19. The molecule has 0 aliphatic rings. The van der Waals surface area contributed by atoms with Crippen molar-refractivity contribution in [2.75, 3.05) is 6.61 Å². The Kier molecular flexibility index (Phi) is 4.58. The molecule has 0 aliphatic heterocycles. The molecule has 0 spiro atoms. The molecule has 19 heavy (non-hydrogen) atoms. The largest absolute Gasteiger partial charge is 0.462 e. The Bertz CT molecular complexity index is 578. The van der Waals surface area contributed by atoms with Crippen molar-refractivity contribution < 1.29 is 9.53 Å². The van der Waals surface area contributed by atoms with Gasteiger partial charge in [0, 0.05) is 5.02 Å². The van der Waals surface area contributed by atoms with Crippen molar-refractivity contribution >= 4 is 17.6 Å². The molecule has 2 nitrogen and oxygen atoms in total. The van der Waals surface area contributed by atoms with E-state index < -0.39 is 0 Å². The molecule has 0 saturated heterocycles. The minimum Gasteiger partial charge on any atom is -0.462 e. The van der Waals surface area contributed by atoms with Crippen molar-refractivity contribution in [3.63, 3.8) is 0 Å². The molecule has 0 bridgehead atoms. The molecule has 0 atom stereocenters. The molecular weight excluding hydrogens is 260 g/mol. The Morgan fingerprint density at radius 1 is 1.16 bits per heavy atom. The van der Waals surface area contributed by atoms with Crippen LogP contribution in [0.25, 0.3) is 0 Å². The number of esters is 1. The molecule has 0 fully saturated rings. The van der Waals surface area contributed by atoms with E-state index in [4.69, 9.17) is 16.3 Å². The van der Waals surface area contributed by atoms with Crippen LogP contribution in [0.1, 0.15) is 28.4 Å². The van der Waals surface area contributed by atoms with E-state index >= 15 is 0 Å². The van der Waals surface area contributed by atoms with E-state index in [1.54, 1.807) is 13.0 Å². The van der Waals surface area contributed by atoms with Gasteiger partial charge >= 0.3 is 5.97 Å². The number of hydrogen-bond donors (Lipinski definition) is 0. The zero-order valence-corrected chi connectivity index (χ0v) is 11.5. The summed E-state index contributed by atoms with van der Waals surface area (Å²) in [5.41, 5.74) is 2.66. The first kappa shape index (κ1) is 13.6. The minimum absolute atomic E-state index is 0.288. The molecule has 0 unspecified atom stereocenters. The average Bonchev–Trinajstić information content (AvgIpc) is 2.42. The number of rotatable bonds is 4. The van der Waals surface area contributed by atoms with Crippen molar-refractivity contribution in [2.45, 2.75) is 13.3 Å². The van der Waals surface area contributed by atoms with E-state index in [9.17, 15) is 4.79 Å². The first-order valence-corrected chi connectivity index (χ1v) is 6.58. The van der Waals surface area contributed by atoms with Crippen LogP contribution in [0.15, 0.2) is 48.5 Å². The monoisotopic (exact) mass is 274 g/mol. The number of halogens is 1. The van der Waals surface area contributed by atoms with Crippen LogP contribution in [-0.2, 0) is 11.2 Å². The van der Waals surface area contributed by atoms with E-state index in [1.807, 2.05) is 42.5 Å². The molecule has 3 heteroatoms. The maximum Gasteiger partial charge on any atom is 0.338 e.